The fraction of sp³-hybridized carbons (Fsp3) is 0.600. The Bertz CT molecular complexity index is 267. The summed E-state index contributed by atoms with van der Waals surface area (Å²) in [5.41, 5.74) is -0.731. The molecule has 0 saturated heterocycles. The molecule has 6 nitrogen and oxygen atoms in total. The number of carbonyl (C=O) groups is 2. The Morgan fingerprint density at radius 2 is 1.24 bits per heavy atom. The molecule has 0 fully saturated rings. The number of rotatable bonds is 6. The number of carbonyl (C=O) groups excluding carboxylic acids is 2. The van der Waals surface area contributed by atoms with Crippen LogP contribution in [0.4, 0.5) is 0 Å². The minimum atomic E-state index is -1.03. The molecule has 92 valence electrons. The predicted octanol–water partition coefficient (Wildman–Crippen LogP) is -3.27. The molecule has 0 heterocycles. The molecule has 0 amide bonds. The van der Waals surface area contributed by atoms with Gasteiger partial charge in [-0.25, -0.2) is 9.59 Å². The Labute approximate surface area is 122 Å². The third-order valence-corrected chi connectivity index (χ3v) is 1.44. The number of esters is 2. The molecule has 0 N–H and O–H groups in total. The van der Waals surface area contributed by atoms with Crippen LogP contribution >= 0.6 is 0 Å². The normalized spacial score (nSPS) is 8.65. The van der Waals surface area contributed by atoms with Crippen molar-refractivity contribution in [2.24, 2.45) is 0 Å². The van der Waals surface area contributed by atoms with Crippen molar-refractivity contribution in [2.45, 2.75) is 20.8 Å². The van der Waals surface area contributed by atoms with Crippen molar-refractivity contribution in [3.8, 4) is 0 Å². The second-order valence-electron chi connectivity index (χ2n) is 2.54. The SMILES string of the molecule is CCOC(=O)C(C(=O)OCC)=C([O-])OCC.[Na+]. The largest absolute Gasteiger partial charge is 1.00 e. The summed E-state index contributed by atoms with van der Waals surface area (Å²) in [5, 5.41) is 11.3. The topological polar surface area (TPSA) is 84.9 Å². The summed E-state index contributed by atoms with van der Waals surface area (Å²) < 4.78 is 13.7. The minimum absolute atomic E-state index is 0. The molecule has 0 saturated carbocycles. The summed E-state index contributed by atoms with van der Waals surface area (Å²) in [6.45, 7) is 4.85. The fourth-order valence-electron chi connectivity index (χ4n) is 0.860. The van der Waals surface area contributed by atoms with Gasteiger partial charge in [0.05, 0.1) is 19.2 Å². The molecule has 0 aliphatic carbocycles. The van der Waals surface area contributed by atoms with E-state index in [0.717, 1.165) is 0 Å². The monoisotopic (exact) mass is 254 g/mol. The van der Waals surface area contributed by atoms with Gasteiger partial charge in [-0.2, -0.15) is 0 Å². The minimum Gasteiger partial charge on any atom is -0.613 e. The van der Waals surface area contributed by atoms with Crippen LogP contribution in [0, 0.1) is 0 Å². The Morgan fingerprint density at radius 3 is 1.53 bits per heavy atom. The molecule has 0 aliphatic rings. The van der Waals surface area contributed by atoms with E-state index in [4.69, 9.17) is 0 Å². The van der Waals surface area contributed by atoms with Crippen LogP contribution in [0.2, 0.25) is 0 Å². The summed E-state index contributed by atoms with van der Waals surface area (Å²) in [7, 11) is 0. The molecule has 7 heteroatoms. The maximum atomic E-state index is 11.3. The van der Waals surface area contributed by atoms with E-state index >= 15 is 0 Å². The van der Waals surface area contributed by atoms with Gasteiger partial charge in [0.15, 0.2) is 5.57 Å². The standard InChI is InChI=1S/C10H16O6.Na/c1-4-14-8(11)7(9(12)15-5-2)10(13)16-6-3;/h11H,4-6H2,1-3H3;/q;+1/p-1. The zero-order chi connectivity index (χ0) is 12.6. The van der Waals surface area contributed by atoms with Crippen LogP contribution in [0.25, 0.3) is 0 Å². The van der Waals surface area contributed by atoms with Gasteiger partial charge in [0.2, 0.25) is 0 Å². The van der Waals surface area contributed by atoms with E-state index in [2.05, 4.69) is 14.2 Å². The molecular formula is C10H15NaO6. The van der Waals surface area contributed by atoms with Crippen molar-refractivity contribution in [1.29, 1.82) is 0 Å². The second kappa shape index (κ2) is 10.4. The Hall–Kier alpha value is -0.720. The molecule has 0 unspecified atom stereocenters. The van der Waals surface area contributed by atoms with E-state index in [1.807, 2.05) is 0 Å². The van der Waals surface area contributed by atoms with Gasteiger partial charge in [-0.1, -0.05) is 6.92 Å². The molecule has 0 rings (SSSR count). The molecule has 0 aliphatic heterocycles. The van der Waals surface area contributed by atoms with Crippen molar-refractivity contribution in [2.75, 3.05) is 19.8 Å². The molecule has 17 heavy (non-hydrogen) atoms. The average Bonchev–Trinajstić information content (AvgIpc) is 2.19. The Morgan fingerprint density at radius 1 is 0.882 bits per heavy atom. The van der Waals surface area contributed by atoms with Gasteiger partial charge in [0, 0.05) is 0 Å². The van der Waals surface area contributed by atoms with E-state index in [0.29, 0.717) is 0 Å². The van der Waals surface area contributed by atoms with Crippen LogP contribution in [-0.4, -0.2) is 31.8 Å². The number of hydrogen-bond acceptors (Lipinski definition) is 6. The first-order valence-electron chi connectivity index (χ1n) is 4.96. The van der Waals surface area contributed by atoms with Crippen molar-refractivity contribution >= 4 is 11.9 Å². The molecule has 0 aromatic rings. The van der Waals surface area contributed by atoms with Gasteiger partial charge in [-0.05, 0) is 20.5 Å². The molecule has 0 aromatic carbocycles. The Balaban J connectivity index is 0. The first-order chi connectivity index (χ1) is 7.58. The van der Waals surface area contributed by atoms with Gasteiger partial charge in [0.1, 0.15) is 0 Å². The van der Waals surface area contributed by atoms with E-state index in [-0.39, 0.29) is 49.4 Å². The summed E-state index contributed by atoms with van der Waals surface area (Å²) in [6.07, 6.45) is 0. The van der Waals surface area contributed by atoms with Crippen molar-refractivity contribution < 1.29 is 58.5 Å². The van der Waals surface area contributed by atoms with Crippen LogP contribution < -0.4 is 34.7 Å². The van der Waals surface area contributed by atoms with Crippen LogP contribution in [0.5, 0.6) is 0 Å². The van der Waals surface area contributed by atoms with Crippen molar-refractivity contribution in [1.82, 2.24) is 0 Å². The first kappa shape index (κ1) is 18.6. The van der Waals surface area contributed by atoms with Gasteiger partial charge in [-0.15, -0.1) is 0 Å². The molecule has 0 spiro atoms. The van der Waals surface area contributed by atoms with Gasteiger partial charge >= 0.3 is 41.5 Å². The van der Waals surface area contributed by atoms with Crippen molar-refractivity contribution in [3.05, 3.63) is 11.5 Å². The molecule has 0 aromatic heterocycles. The van der Waals surface area contributed by atoms with E-state index < -0.39 is 23.5 Å². The van der Waals surface area contributed by atoms with Crippen LogP contribution in [0.15, 0.2) is 11.5 Å². The smallest absolute Gasteiger partial charge is 0.613 e. The third-order valence-electron chi connectivity index (χ3n) is 1.44. The van der Waals surface area contributed by atoms with Crippen LogP contribution in [-0.2, 0) is 23.8 Å². The first-order valence-corrected chi connectivity index (χ1v) is 4.96. The van der Waals surface area contributed by atoms with E-state index in [1.165, 1.54) is 0 Å². The maximum Gasteiger partial charge on any atom is 1.00 e. The maximum absolute atomic E-state index is 11.3. The molecule has 0 radical (unpaired) electrons. The zero-order valence-corrected chi connectivity index (χ0v) is 12.6. The quantitative estimate of drug-likeness (QED) is 0.123. The average molecular weight is 254 g/mol. The van der Waals surface area contributed by atoms with E-state index in [9.17, 15) is 14.7 Å². The Kier molecular flexibility index (Phi) is 11.4. The van der Waals surface area contributed by atoms with Crippen LogP contribution in [0.1, 0.15) is 20.8 Å². The number of hydrogen-bond donors (Lipinski definition) is 0. The zero-order valence-electron chi connectivity index (χ0n) is 10.6. The summed E-state index contributed by atoms with van der Waals surface area (Å²) in [4.78, 5) is 22.6. The van der Waals surface area contributed by atoms with Gasteiger partial charge < -0.3 is 19.3 Å². The summed E-state index contributed by atoms with van der Waals surface area (Å²) in [6, 6.07) is 0. The van der Waals surface area contributed by atoms with Crippen molar-refractivity contribution in [3.63, 3.8) is 0 Å². The summed E-state index contributed by atoms with van der Waals surface area (Å²) >= 11 is 0. The fourth-order valence-corrected chi connectivity index (χ4v) is 0.860. The van der Waals surface area contributed by atoms with Gasteiger partial charge in [-0.3, -0.25) is 0 Å². The second-order valence-corrected chi connectivity index (χ2v) is 2.54. The van der Waals surface area contributed by atoms with Gasteiger partial charge in [0.25, 0.3) is 0 Å². The number of ether oxygens (including phenoxy) is 3. The predicted molar refractivity (Wildman–Crippen MR) is 51.9 cm³/mol. The summed E-state index contributed by atoms with van der Waals surface area (Å²) in [5.74, 6) is -3.08. The van der Waals surface area contributed by atoms with E-state index in [1.54, 1.807) is 20.8 Å². The molecular weight excluding hydrogens is 239 g/mol. The van der Waals surface area contributed by atoms with Crippen LogP contribution in [0.3, 0.4) is 0 Å². The molecule has 0 atom stereocenters. The molecule has 0 bridgehead atoms. The third kappa shape index (κ3) is 6.55.